The normalized spacial score (nSPS) is 18.1. The van der Waals surface area contributed by atoms with Gasteiger partial charge in [0, 0.05) is 12.5 Å². The van der Waals surface area contributed by atoms with Gasteiger partial charge in [0.2, 0.25) is 0 Å². The quantitative estimate of drug-likeness (QED) is 0.818. The minimum absolute atomic E-state index is 0.591. The molecule has 1 aromatic carbocycles. The molecule has 1 heterocycles. The zero-order valence-electron chi connectivity index (χ0n) is 10.0. The third-order valence-electron chi connectivity index (χ3n) is 3.34. The molecule has 2 rings (SSSR count). The first-order valence-corrected chi connectivity index (χ1v) is 5.89. The van der Waals surface area contributed by atoms with Gasteiger partial charge in [-0.05, 0) is 43.5 Å². The van der Waals surface area contributed by atoms with Crippen molar-refractivity contribution in [3.05, 3.63) is 23.3 Å². The number of hydrogen-bond acceptors (Lipinski definition) is 3. The molecule has 0 radical (unpaired) electrons. The van der Waals surface area contributed by atoms with Crippen LogP contribution in [0, 0.1) is 6.92 Å². The number of ether oxygens (including phenoxy) is 1. The molecule has 0 aromatic heterocycles. The van der Waals surface area contributed by atoms with Crippen LogP contribution in [0.15, 0.2) is 12.1 Å². The van der Waals surface area contributed by atoms with E-state index in [1.807, 2.05) is 6.07 Å². The standard InChI is InChI=1S/C13H20N2O/c1-9-5-6-11(16-2)13-12(9)10(8-15-13)4-3-7-14/h5-6,10,15H,3-4,7-8,14H2,1-2H3. The Balaban J connectivity index is 2.30. The molecule has 16 heavy (non-hydrogen) atoms. The largest absolute Gasteiger partial charge is 0.495 e. The number of fused-ring (bicyclic) bond motifs is 1. The van der Waals surface area contributed by atoms with Crippen molar-refractivity contribution in [1.29, 1.82) is 0 Å². The number of aryl methyl sites for hydroxylation is 1. The molecule has 1 aromatic rings. The third-order valence-corrected chi connectivity index (χ3v) is 3.34. The summed E-state index contributed by atoms with van der Waals surface area (Å²) in [6.07, 6.45) is 2.24. The molecule has 0 saturated carbocycles. The summed E-state index contributed by atoms with van der Waals surface area (Å²) in [6, 6.07) is 4.17. The maximum Gasteiger partial charge on any atom is 0.142 e. The van der Waals surface area contributed by atoms with Crippen molar-refractivity contribution in [3.8, 4) is 5.75 Å². The van der Waals surface area contributed by atoms with Gasteiger partial charge in [-0.1, -0.05) is 6.07 Å². The molecule has 1 aliphatic rings. The molecular formula is C13H20N2O. The molecule has 88 valence electrons. The lowest BCUT2D eigenvalue weighted by molar-refractivity contribution is 0.416. The highest BCUT2D eigenvalue weighted by Gasteiger charge is 2.26. The Labute approximate surface area is 97.0 Å². The number of hydrogen-bond donors (Lipinski definition) is 2. The zero-order chi connectivity index (χ0) is 11.5. The van der Waals surface area contributed by atoms with Crippen molar-refractivity contribution < 1.29 is 4.74 Å². The highest BCUT2D eigenvalue weighted by molar-refractivity contribution is 5.69. The first kappa shape index (κ1) is 11.3. The van der Waals surface area contributed by atoms with E-state index < -0.39 is 0 Å². The summed E-state index contributed by atoms with van der Waals surface area (Å²) in [5, 5.41) is 3.45. The monoisotopic (exact) mass is 220 g/mol. The SMILES string of the molecule is COc1ccc(C)c2c1NCC2CCCN. The van der Waals surface area contributed by atoms with Gasteiger partial charge >= 0.3 is 0 Å². The number of nitrogens with one attached hydrogen (secondary N) is 1. The van der Waals surface area contributed by atoms with Crippen LogP contribution in [0.4, 0.5) is 5.69 Å². The van der Waals surface area contributed by atoms with Crippen LogP contribution in [0.25, 0.3) is 0 Å². The average Bonchev–Trinajstić information content (AvgIpc) is 2.72. The van der Waals surface area contributed by atoms with E-state index in [0.29, 0.717) is 5.92 Å². The predicted octanol–water partition coefficient (Wildman–Crippen LogP) is 2.25. The summed E-state index contributed by atoms with van der Waals surface area (Å²) >= 11 is 0. The summed E-state index contributed by atoms with van der Waals surface area (Å²) < 4.78 is 5.38. The highest BCUT2D eigenvalue weighted by Crippen LogP contribution is 2.42. The van der Waals surface area contributed by atoms with Crippen molar-refractivity contribution in [2.24, 2.45) is 5.73 Å². The Hall–Kier alpha value is -1.22. The first-order valence-electron chi connectivity index (χ1n) is 5.89. The summed E-state index contributed by atoms with van der Waals surface area (Å²) in [5.41, 5.74) is 9.53. The third kappa shape index (κ3) is 1.87. The van der Waals surface area contributed by atoms with Crippen molar-refractivity contribution >= 4 is 5.69 Å². The molecule has 0 amide bonds. The minimum Gasteiger partial charge on any atom is -0.495 e. The molecule has 3 N–H and O–H groups in total. The smallest absolute Gasteiger partial charge is 0.142 e. The van der Waals surface area contributed by atoms with Crippen LogP contribution in [0.5, 0.6) is 5.75 Å². The fourth-order valence-corrected chi connectivity index (χ4v) is 2.52. The van der Waals surface area contributed by atoms with E-state index in [1.165, 1.54) is 16.8 Å². The van der Waals surface area contributed by atoms with E-state index in [0.717, 1.165) is 31.7 Å². The summed E-state index contributed by atoms with van der Waals surface area (Å²) in [6.45, 7) is 3.95. The van der Waals surface area contributed by atoms with Crippen LogP contribution in [0.1, 0.15) is 29.9 Å². The molecule has 3 heteroatoms. The van der Waals surface area contributed by atoms with Crippen LogP contribution < -0.4 is 15.8 Å². The van der Waals surface area contributed by atoms with Crippen molar-refractivity contribution in [2.45, 2.75) is 25.7 Å². The topological polar surface area (TPSA) is 47.3 Å². The second kappa shape index (κ2) is 4.74. The molecule has 1 atom stereocenters. The zero-order valence-corrected chi connectivity index (χ0v) is 10.0. The number of benzene rings is 1. The Morgan fingerprint density at radius 2 is 2.31 bits per heavy atom. The molecular weight excluding hydrogens is 200 g/mol. The Bertz CT molecular complexity index is 376. The van der Waals surface area contributed by atoms with Gasteiger partial charge in [-0.2, -0.15) is 0 Å². The lowest BCUT2D eigenvalue weighted by Gasteiger charge is -2.13. The van der Waals surface area contributed by atoms with Gasteiger partial charge in [0.15, 0.2) is 0 Å². The van der Waals surface area contributed by atoms with Crippen LogP contribution in [0.2, 0.25) is 0 Å². The van der Waals surface area contributed by atoms with Crippen LogP contribution in [-0.4, -0.2) is 20.2 Å². The minimum atomic E-state index is 0.591. The van der Waals surface area contributed by atoms with E-state index in [-0.39, 0.29) is 0 Å². The van der Waals surface area contributed by atoms with Crippen molar-refractivity contribution in [2.75, 3.05) is 25.5 Å². The number of rotatable bonds is 4. The van der Waals surface area contributed by atoms with Gasteiger partial charge in [-0.3, -0.25) is 0 Å². The average molecular weight is 220 g/mol. The molecule has 0 spiro atoms. The molecule has 1 unspecified atom stereocenters. The summed E-state index contributed by atoms with van der Waals surface area (Å²) in [4.78, 5) is 0. The number of methoxy groups -OCH3 is 1. The predicted molar refractivity (Wildman–Crippen MR) is 67.3 cm³/mol. The van der Waals surface area contributed by atoms with E-state index in [2.05, 4.69) is 18.3 Å². The van der Waals surface area contributed by atoms with E-state index >= 15 is 0 Å². The van der Waals surface area contributed by atoms with Gasteiger partial charge in [0.1, 0.15) is 5.75 Å². The Kier molecular flexibility index (Phi) is 3.34. The molecule has 0 saturated heterocycles. The first-order chi connectivity index (χ1) is 7.77. The lowest BCUT2D eigenvalue weighted by atomic mass is 9.92. The fraction of sp³-hybridized carbons (Fsp3) is 0.538. The van der Waals surface area contributed by atoms with Gasteiger partial charge < -0.3 is 15.8 Å². The van der Waals surface area contributed by atoms with E-state index in [4.69, 9.17) is 10.5 Å². The van der Waals surface area contributed by atoms with Crippen LogP contribution in [0.3, 0.4) is 0 Å². The molecule has 0 fully saturated rings. The van der Waals surface area contributed by atoms with E-state index in [9.17, 15) is 0 Å². The molecule has 1 aliphatic heterocycles. The van der Waals surface area contributed by atoms with Crippen LogP contribution in [-0.2, 0) is 0 Å². The van der Waals surface area contributed by atoms with Gasteiger partial charge in [-0.25, -0.2) is 0 Å². The summed E-state index contributed by atoms with van der Waals surface area (Å²) in [7, 11) is 1.72. The number of anilines is 1. The number of nitrogens with two attached hydrogens (primary N) is 1. The fourth-order valence-electron chi connectivity index (χ4n) is 2.52. The van der Waals surface area contributed by atoms with Gasteiger partial charge in [-0.15, -0.1) is 0 Å². The molecule has 0 aliphatic carbocycles. The summed E-state index contributed by atoms with van der Waals surface area (Å²) in [5.74, 6) is 1.55. The van der Waals surface area contributed by atoms with Gasteiger partial charge in [0.05, 0.1) is 12.8 Å². The highest BCUT2D eigenvalue weighted by atomic mass is 16.5. The maximum absolute atomic E-state index is 5.58. The molecule has 3 nitrogen and oxygen atoms in total. The van der Waals surface area contributed by atoms with Gasteiger partial charge in [0.25, 0.3) is 0 Å². The second-order valence-corrected chi connectivity index (χ2v) is 4.38. The van der Waals surface area contributed by atoms with E-state index in [1.54, 1.807) is 7.11 Å². The maximum atomic E-state index is 5.58. The lowest BCUT2D eigenvalue weighted by Crippen LogP contribution is -2.06. The van der Waals surface area contributed by atoms with Crippen molar-refractivity contribution in [3.63, 3.8) is 0 Å². The van der Waals surface area contributed by atoms with Crippen molar-refractivity contribution in [1.82, 2.24) is 0 Å². The Morgan fingerprint density at radius 3 is 3.00 bits per heavy atom. The second-order valence-electron chi connectivity index (χ2n) is 4.38. The molecule has 0 bridgehead atoms. The Morgan fingerprint density at radius 1 is 1.50 bits per heavy atom. The van der Waals surface area contributed by atoms with Crippen LogP contribution >= 0.6 is 0 Å².